The number of hydrogen-bond acceptors (Lipinski definition) is 6. The molecular weight excluding hydrogens is 272 g/mol. The number of aryl methyl sites for hydroxylation is 1. The molecule has 20 heavy (non-hydrogen) atoms. The smallest absolute Gasteiger partial charge is 0.223 e. The lowest BCUT2D eigenvalue weighted by Gasteiger charge is -2.10. The summed E-state index contributed by atoms with van der Waals surface area (Å²) in [6, 6.07) is 7.86. The third-order valence-electron chi connectivity index (χ3n) is 3.00. The van der Waals surface area contributed by atoms with Gasteiger partial charge in [0.05, 0.1) is 12.5 Å². The van der Waals surface area contributed by atoms with E-state index in [-0.39, 0.29) is 5.95 Å². The van der Waals surface area contributed by atoms with E-state index in [0.29, 0.717) is 0 Å². The van der Waals surface area contributed by atoms with Crippen molar-refractivity contribution in [2.24, 2.45) is 0 Å². The molecule has 1 aromatic carbocycles. The fourth-order valence-corrected chi connectivity index (χ4v) is 2.83. The van der Waals surface area contributed by atoms with Gasteiger partial charge in [-0.15, -0.1) is 11.3 Å². The predicted molar refractivity (Wildman–Crippen MR) is 82.8 cm³/mol. The number of anilines is 3. The molecule has 0 unspecified atom stereocenters. The summed E-state index contributed by atoms with van der Waals surface area (Å²) in [4.78, 5) is 9.36. The highest BCUT2D eigenvalue weighted by atomic mass is 32.1. The predicted octanol–water partition coefficient (Wildman–Crippen LogP) is 3.33. The van der Waals surface area contributed by atoms with Gasteiger partial charge in [-0.25, -0.2) is 4.98 Å². The standard InChI is InChI=1S/C14H14N4OS/c1-8-7-9(3-4-11(8)19-2)16-12-10-5-6-20-13(10)18-14(15)17-12/h3-7H,1-2H3,(H3,15,16,17,18). The Morgan fingerprint density at radius 1 is 1.25 bits per heavy atom. The van der Waals surface area contributed by atoms with Crippen molar-refractivity contribution in [3.05, 3.63) is 35.2 Å². The minimum Gasteiger partial charge on any atom is -0.496 e. The van der Waals surface area contributed by atoms with Crippen LogP contribution in [0.25, 0.3) is 10.2 Å². The maximum absolute atomic E-state index is 5.74. The van der Waals surface area contributed by atoms with Crippen LogP contribution in [0.5, 0.6) is 5.75 Å². The molecule has 0 saturated heterocycles. The van der Waals surface area contributed by atoms with Crippen LogP contribution >= 0.6 is 11.3 Å². The number of nitrogens with one attached hydrogen (secondary N) is 1. The van der Waals surface area contributed by atoms with Gasteiger partial charge in [0.1, 0.15) is 16.4 Å². The van der Waals surface area contributed by atoms with Gasteiger partial charge in [0.25, 0.3) is 0 Å². The SMILES string of the molecule is COc1ccc(Nc2nc(N)nc3sccc23)cc1C. The summed E-state index contributed by atoms with van der Waals surface area (Å²) in [5.74, 6) is 1.85. The molecule has 0 aliphatic rings. The fraction of sp³-hybridized carbons (Fsp3) is 0.143. The number of thiophene rings is 1. The number of ether oxygens (including phenoxy) is 1. The average molecular weight is 286 g/mol. The van der Waals surface area contributed by atoms with Crippen LogP contribution < -0.4 is 15.8 Å². The zero-order valence-electron chi connectivity index (χ0n) is 11.2. The molecule has 0 amide bonds. The number of benzene rings is 1. The van der Waals surface area contributed by atoms with E-state index >= 15 is 0 Å². The molecule has 0 spiro atoms. The van der Waals surface area contributed by atoms with Crippen molar-refractivity contribution in [2.45, 2.75) is 6.92 Å². The second-order valence-electron chi connectivity index (χ2n) is 4.38. The van der Waals surface area contributed by atoms with Crippen LogP contribution in [-0.2, 0) is 0 Å². The van der Waals surface area contributed by atoms with E-state index in [4.69, 9.17) is 10.5 Å². The number of fused-ring (bicyclic) bond motifs is 1. The molecule has 3 aromatic rings. The molecule has 0 atom stereocenters. The summed E-state index contributed by atoms with van der Waals surface area (Å²) >= 11 is 1.54. The molecular formula is C14H14N4OS. The Kier molecular flexibility index (Phi) is 3.15. The van der Waals surface area contributed by atoms with E-state index < -0.39 is 0 Å². The van der Waals surface area contributed by atoms with Crippen LogP contribution in [0.4, 0.5) is 17.5 Å². The van der Waals surface area contributed by atoms with E-state index in [9.17, 15) is 0 Å². The number of aromatic nitrogens is 2. The molecule has 0 aliphatic heterocycles. The number of nitrogens with two attached hydrogens (primary N) is 1. The van der Waals surface area contributed by atoms with Crippen molar-refractivity contribution < 1.29 is 4.74 Å². The monoisotopic (exact) mass is 286 g/mol. The third kappa shape index (κ3) is 2.25. The van der Waals surface area contributed by atoms with Crippen molar-refractivity contribution in [3.63, 3.8) is 0 Å². The first-order chi connectivity index (χ1) is 9.67. The van der Waals surface area contributed by atoms with Gasteiger partial charge in [0.2, 0.25) is 5.95 Å². The van der Waals surface area contributed by atoms with Crippen LogP contribution in [0.15, 0.2) is 29.6 Å². The van der Waals surface area contributed by atoms with E-state index in [2.05, 4.69) is 15.3 Å². The van der Waals surface area contributed by atoms with Crippen LogP contribution in [0, 0.1) is 6.92 Å². The lowest BCUT2D eigenvalue weighted by molar-refractivity contribution is 0.412. The molecule has 0 bridgehead atoms. The van der Waals surface area contributed by atoms with Gasteiger partial charge >= 0.3 is 0 Å². The highest BCUT2D eigenvalue weighted by molar-refractivity contribution is 7.16. The summed E-state index contributed by atoms with van der Waals surface area (Å²) in [6.07, 6.45) is 0. The van der Waals surface area contributed by atoms with Crippen LogP contribution in [0.1, 0.15) is 5.56 Å². The highest BCUT2D eigenvalue weighted by Crippen LogP contribution is 2.29. The molecule has 5 nitrogen and oxygen atoms in total. The maximum atomic E-state index is 5.74. The van der Waals surface area contributed by atoms with Crippen molar-refractivity contribution in [1.29, 1.82) is 0 Å². The largest absolute Gasteiger partial charge is 0.496 e. The Bertz CT molecular complexity index is 769. The van der Waals surface area contributed by atoms with Gasteiger partial charge < -0.3 is 15.8 Å². The van der Waals surface area contributed by atoms with Crippen molar-refractivity contribution in [1.82, 2.24) is 9.97 Å². The van der Waals surface area contributed by atoms with Crippen molar-refractivity contribution in [3.8, 4) is 5.75 Å². The number of hydrogen-bond donors (Lipinski definition) is 2. The normalized spacial score (nSPS) is 10.7. The summed E-state index contributed by atoms with van der Waals surface area (Å²) in [6.45, 7) is 2.00. The lowest BCUT2D eigenvalue weighted by Crippen LogP contribution is -2.00. The van der Waals surface area contributed by atoms with E-state index in [1.165, 1.54) is 0 Å². The Hall–Kier alpha value is -2.34. The van der Waals surface area contributed by atoms with Crippen molar-refractivity contribution >= 4 is 39.0 Å². The topological polar surface area (TPSA) is 73.1 Å². The third-order valence-corrected chi connectivity index (χ3v) is 3.81. The Morgan fingerprint density at radius 2 is 2.10 bits per heavy atom. The number of methoxy groups -OCH3 is 1. The number of nitrogens with zero attached hydrogens (tertiary/aromatic N) is 2. The molecule has 0 aliphatic carbocycles. The molecule has 2 aromatic heterocycles. The molecule has 0 radical (unpaired) electrons. The first kappa shape index (κ1) is 12.7. The lowest BCUT2D eigenvalue weighted by atomic mass is 10.2. The summed E-state index contributed by atoms with van der Waals surface area (Å²) < 4.78 is 5.26. The summed E-state index contributed by atoms with van der Waals surface area (Å²) in [7, 11) is 1.66. The number of nitrogen functional groups attached to an aromatic ring is 1. The Morgan fingerprint density at radius 3 is 2.85 bits per heavy atom. The molecule has 3 rings (SSSR count). The first-order valence-electron chi connectivity index (χ1n) is 6.10. The van der Waals surface area contributed by atoms with E-state index in [1.54, 1.807) is 18.4 Å². The van der Waals surface area contributed by atoms with Gasteiger partial charge in [-0.2, -0.15) is 4.98 Å². The van der Waals surface area contributed by atoms with Gasteiger partial charge in [0.15, 0.2) is 0 Å². The van der Waals surface area contributed by atoms with Crippen molar-refractivity contribution in [2.75, 3.05) is 18.2 Å². The fourth-order valence-electron chi connectivity index (χ4n) is 2.06. The zero-order chi connectivity index (χ0) is 14.1. The Labute approximate surface area is 120 Å². The van der Waals surface area contributed by atoms with Crippen LogP contribution in [0.3, 0.4) is 0 Å². The minimum atomic E-state index is 0.271. The maximum Gasteiger partial charge on any atom is 0.223 e. The second-order valence-corrected chi connectivity index (χ2v) is 5.27. The molecule has 3 N–H and O–H groups in total. The number of rotatable bonds is 3. The minimum absolute atomic E-state index is 0.271. The zero-order valence-corrected chi connectivity index (χ0v) is 12.0. The van der Waals surface area contributed by atoms with Crippen LogP contribution in [0.2, 0.25) is 0 Å². The van der Waals surface area contributed by atoms with Crippen LogP contribution in [-0.4, -0.2) is 17.1 Å². The molecule has 2 heterocycles. The van der Waals surface area contributed by atoms with Gasteiger partial charge in [-0.05, 0) is 42.1 Å². The van der Waals surface area contributed by atoms with E-state index in [1.807, 2.05) is 36.6 Å². The second kappa shape index (κ2) is 4.97. The quantitative estimate of drug-likeness (QED) is 0.772. The highest BCUT2D eigenvalue weighted by Gasteiger charge is 2.08. The Balaban J connectivity index is 2.00. The van der Waals surface area contributed by atoms with E-state index in [0.717, 1.165) is 33.0 Å². The van der Waals surface area contributed by atoms with Gasteiger partial charge in [0, 0.05) is 5.69 Å². The van der Waals surface area contributed by atoms with Gasteiger partial charge in [-0.1, -0.05) is 0 Å². The molecule has 6 heteroatoms. The first-order valence-corrected chi connectivity index (χ1v) is 6.97. The van der Waals surface area contributed by atoms with Gasteiger partial charge in [-0.3, -0.25) is 0 Å². The molecule has 0 fully saturated rings. The molecule has 102 valence electrons. The molecule has 0 saturated carbocycles. The summed E-state index contributed by atoms with van der Waals surface area (Å²) in [5.41, 5.74) is 7.73. The average Bonchev–Trinajstić information content (AvgIpc) is 2.87. The summed E-state index contributed by atoms with van der Waals surface area (Å²) in [5, 5.41) is 6.23.